The van der Waals surface area contributed by atoms with E-state index in [4.69, 9.17) is 14.6 Å². The smallest absolute Gasteiger partial charge is 0.0701 e. The fraction of sp³-hybridized carbons (Fsp3) is 1.00. The highest BCUT2D eigenvalue weighted by Crippen LogP contribution is 2.19. The summed E-state index contributed by atoms with van der Waals surface area (Å²) in [4.78, 5) is 0. The molecule has 1 atom stereocenters. The summed E-state index contributed by atoms with van der Waals surface area (Å²) in [6.45, 7) is 1.92. The number of ether oxygens (including phenoxy) is 2. The summed E-state index contributed by atoms with van der Waals surface area (Å²) in [6, 6.07) is 0.701. The number of hydrogen-bond donors (Lipinski definition) is 2. The van der Waals surface area contributed by atoms with Gasteiger partial charge in [0.2, 0.25) is 0 Å². The lowest BCUT2D eigenvalue weighted by Crippen LogP contribution is -2.38. The highest BCUT2D eigenvalue weighted by atomic mass is 16.5. The molecule has 1 saturated carbocycles. The van der Waals surface area contributed by atoms with Crippen LogP contribution in [0.15, 0.2) is 0 Å². The summed E-state index contributed by atoms with van der Waals surface area (Å²) in [7, 11) is 1.65. The van der Waals surface area contributed by atoms with Crippen LogP contribution in [0, 0.1) is 0 Å². The van der Waals surface area contributed by atoms with Crippen molar-refractivity contribution in [3.8, 4) is 0 Å². The zero-order valence-corrected chi connectivity index (χ0v) is 8.16. The Morgan fingerprint density at radius 3 is 2.77 bits per heavy atom. The van der Waals surface area contributed by atoms with Crippen LogP contribution in [0.25, 0.3) is 0 Å². The van der Waals surface area contributed by atoms with Gasteiger partial charge in [-0.15, -0.1) is 0 Å². The number of aliphatic hydroxyl groups excluding tert-OH is 1. The molecule has 1 aliphatic carbocycles. The van der Waals surface area contributed by atoms with E-state index in [9.17, 15) is 0 Å². The van der Waals surface area contributed by atoms with Crippen molar-refractivity contribution < 1.29 is 14.6 Å². The molecule has 1 fully saturated rings. The first-order valence-electron chi connectivity index (χ1n) is 4.80. The van der Waals surface area contributed by atoms with Gasteiger partial charge in [0.05, 0.1) is 32.5 Å². The third kappa shape index (κ3) is 5.21. The molecule has 1 unspecified atom stereocenters. The molecule has 13 heavy (non-hydrogen) atoms. The van der Waals surface area contributed by atoms with E-state index in [1.807, 2.05) is 0 Å². The largest absolute Gasteiger partial charge is 0.395 e. The first-order valence-corrected chi connectivity index (χ1v) is 4.80. The first-order chi connectivity index (χ1) is 6.36. The van der Waals surface area contributed by atoms with Gasteiger partial charge in [0, 0.05) is 13.2 Å². The number of rotatable bonds is 8. The van der Waals surface area contributed by atoms with Gasteiger partial charge in [0.1, 0.15) is 0 Å². The molecule has 0 saturated heterocycles. The van der Waals surface area contributed by atoms with Gasteiger partial charge >= 0.3 is 0 Å². The predicted octanol–water partition coefficient (Wildman–Crippen LogP) is -0.238. The zero-order valence-electron chi connectivity index (χ0n) is 8.16. The van der Waals surface area contributed by atoms with Crippen molar-refractivity contribution in [1.82, 2.24) is 5.32 Å². The average molecular weight is 189 g/mol. The molecule has 0 aromatic rings. The third-order valence-corrected chi connectivity index (χ3v) is 2.02. The van der Waals surface area contributed by atoms with Crippen LogP contribution in [-0.2, 0) is 9.47 Å². The maximum atomic E-state index is 8.99. The van der Waals surface area contributed by atoms with Gasteiger partial charge in [-0.3, -0.25) is 0 Å². The second-order valence-electron chi connectivity index (χ2n) is 3.39. The van der Waals surface area contributed by atoms with Crippen LogP contribution >= 0.6 is 0 Å². The van der Waals surface area contributed by atoms with Crippen LogP contribution in [-0.4, -0.2) is 50.7 Å². The fourth-order valence-electron chi connectivity index (χ4n) is 1.10. The van der Waals surface area contributed by atoms with Crippen LogP contribution in [0.5, 0.6) is 0 Å². The van der Waals surface area contributed by atoms with Gasteiger partial charge in [-0.2, -0.15) is 0 Å². The standard InChI is InChI=1S/C9H19NO3/c1-12-4-5-13-7-9(6-11)10-8-2-3-8/h8-11H,2-7H2,1H3. The maximum Gasteiger partial charge on any atom is 0.0701 e. The minimum atomic E-state index is 0.0874. The molecule has 2 N–H and O–H groups in total. The van der Waals surface area contributed by atoms with Gasteiger partial charge in [-0.05, 0) is 12.8 Å². The third-order valence-electron chi connectivity index (χ3n) is 2.02. The van der Waals surface area contributed by atoms with Crippen molar-refractivity contribution >= 4 is 0 Å². The van der Waals surface area contributed by atoms with Gasteiger partial charge in [0.25, 0.3) is 0 Å². The molecule has 0 amide bonds. The summed E-state index contributed by atoms with van der Waals surface area (Å²) in [5.41, 5.74) is 0. The predicted molar refractivity (Wildman–Crippen MR) is 49.7 cm³/mol. The zero-order chi connectivity index (χ0) is 9.52. The van der Waals surface area contributed by atoms with E-state index in [2.05, 4.69) is 5.32 Å². The Hall–Kier alpha value is -0.160. The van der Waals surface area contributed by atoms with Crippen molar-refractivity contribution in [2.24, 2.45) is 0 Å². The maximum absolute atomic E-state index is 8.99. The Labute approximate surface area is 79.2 Å². The van der Waals surface area contributed by atoms with Crippen LogP contribution in [0.2, 0.25) is 0 Å². The fourth-order valence-corrected chi connectivity index (χ4v) is 1.10. The minimum Gasteiger partial charge on any atom is -0.395 e. The molecule has 0 heterocycles. The molecule has 0 radical (unpaired) electrons. The van der Waals surface area contributed by atoms with Crippen LogP contribution in [0.1, 0.15) is 12.8 Å². The summed E-state index contributed by atoms with van der Waals surface area (Å²) in [5.74, 6) is 0. The van der Waals surface area contributed by atoms with Gasteiger partial charge in [0.15, 0.2) is 0 Å². The molecule has 0 aromatic carbocycles. The monoisotopic (exact) mass is 189 g/mol. The highest BCUT2D eigenvalue weighted by molar-refractivity contribution is 4.84. The van der Waals surface area contributed by atoms with E-state index in [1.54, 1.807) is 7.11 Å². The van der Waals surface area contributed by atoms with E-state index in [0.717, 1.165) is 0 Å². The summed E-state index contributed by atoms with van der Waals surface area (Å²) >= 11 is 0. The molecular formula is C9H19NO3. The van der Waals surface area contributed by atoms with Crippen molar-refractivity contribution in [3.63, 3.8) is 0 Å². The Morgan fingerprint density at radius 2 is 2.23 bits per heavy atom. The number of aliphatic hydroxyl groups is 1. The molecule has 0 aliphatic heterocycles. The Balaban J connectivity index is 1.94. The summed E-state index contributed by atoms with van der Waals surface area (Å²) in [5, 5.41) is 12.3. The van der Waals surface area contributed by atoms with Crippen molar-refractivity contribution in [1.29, 1.82) is 0 Å². The Morgan fingerprint density at radius 1 is 1.46 bits per heavy atom. The second-order valence-corrected chi connectivity index (χ2v) is 3.39. The van der Waals surface area contributed by atoms with Crippen molar-refractivity contribution in [2.75, 3.05) is 33.5 Å². The molecule has 78 valence electrons. The summed E-state index contributed by atoms with van der Waals surface area (Å²) in [6.07, 6.45) is 2.46. The van der Waals surface area contributed by atoms with Crippen LogP contribution < -0.4 is 5.32 Å². The molecule has 0 aromatic heterocycles. The lowest BCUT2D eigenvalue weighted by molar-refractivity contribution is 0.0479. The molecule has 4 nitrogen and oxygen atoms in total. The van der Waals surface area contributed by atoms with Gasteiger partial charge in [-0.25, -0.2) is 0 Å². The molecule has 1 aliphatic rings. The number of methoxy groups -OCH3 is 1. The van der Waals surface area contributed by atoms with E-state index in [0.29, 0.717) is 25.9 Å². The first kappa shape index (κ1) is 10.9. The van der Waals surface area contributed by atoms with E-state index in [1.165, 1.54) is 12.8 Å². The highest BCUT2D eigenvalue weighted by Gasteiger charge is 2.24. The molecular weight excluding hydrogens is 170 g/mol. The lowest BCUT2D eigenvalue weighted by atomic mass is 10.3. The average Bonchev–Trinajstić information content (AvgIpc) is 2.94. The van der Waals surface area contributed by atoms with Crippen molar-refractivity contribution in [2.45, 2.75) is 24.9 Å². The molecule has 1 rings (SSSR count). The van der Waals surface area contributed by atoms with Crippen LogP contribution in [0.3, 0.4) is 0 Å². The Kier molecular flexibility index (Phi) is 5.31. The quantitative estimate of drug-likeness (QED) is 0.518. The topological polar surface area (TPSA) is 50.7 Å². The molecule has 4 heteroatoms. The number of nitrogens with one attached hydrogen (secondary N) is 1. The second kappa shape index (κ2) is 6.32. The number of hydrogen-bond acceptors (Lipinski definition) is 4. The lowest BCUT2D eigenvalue weighted by Gasteiger charge is -2.15. The van der Waals surface area contributed by atoms with Crippen LogP contribution in [0.4, 0.5) is 0 Å². The SMILES string of the molecule is COCCOCC(CO)NC1CC1. The molecule has 0 bridgehead atoms. The summed E-state index contributed by atoms with van der Waals surface area (Å²) < 4.78 is 10.2. The minimum absolute atomic E-state index is 0.0874. The molecule has 0 spiro atoms. The Bertz CT molecular complexity index is 128. The van der Waals surface area contributed by atoms with Gasteiger partial charge < -0.3 is 19.9 Å². The van der Waals surface area contributed by atoms with Gasteiger partial charge in [-0.1, -0.05) is 0 Å². The van der Waals surface area contributed by atoms with E-state index in [-0.39, 0.29) is 12.6 Å². The van der Waals surface area contributed by atoms with Crippen molar-refractivity contribution in [3.05, 3.63) is 0 Å². The van der Waals surface area contributed by atoms with E-state index >= 15 is 0 Å². The normalized spacial score (nSPS) is 18.9. The van der Waals surface area contributed by atoms with E-state index < -0.39 is 0 Å².